The van der Waals surface area contributed by atoms with E-state index in [0.717, 1.165) is 16.9 Å². The molecule has 0 heterocycles. The van der Waals surface area contributed by atoms with Gasteiger partial charge in [-0.3, -0.25) is 0 Å². The summed E-state index contributed by atoms with van der Waals surface area (Å²) in [4.78, 5) is 0. The molecule has 0 spiro atoms. The van der Waals surface area contributed by atoms with Crippen LogP contribution < -0.4 is 10.5 Å². The Labute approximate surface area is 115 Å². The molecular weight excluding hydrogens is 234 g/mol. The van der Waals surface area contributed by atoms with Crippen molar-refractivity contribution in [1.82, 2.24) is 0 Å². The second-order valence-electron chi connectivity index (χ2n) is 5.09. The van der Waals surface area contributed by atoms with E-state index in [9.17, 15) is 0 Å². The maximum absolute atomic E-state index is 5.87. The average Bonchev–Trinajstić information content (AvgIpc) is 2.37. The van der Waals surface area contributed by atoms with Gasteiger partial charge in [-0.25, -0.2) is 0 Å². The number of aryl methyl sites for hydroxylation is 2. The molecule has 0 unspecified atom stereocenters. The van der Waals surface area contributed by atoms with Gasteiger partial charge >= 0.3 is 0 Å². The van der Waals surface area contributed by atoms with Crippen molar-refractivity contribution in [3.63, 3.8) is 0 Å². The molecule has 2 nitrogen and oxygen atoms in total. The fourth-order valence-electron chi connectivity index (χ4n) is 2.08. The molecule has 2 N–H and O–H groups in total. The number of ether oxygens (including phenoxy) is 1. The molecule has 0 radical (unpaired) electrons. The normalized spacial score (nSPS) is 12.2. The van der Waals surface area contributed by atoms with Crippen molar-refractivity contribution in [2.75, 3.05) is 0 Å². The van der Waals surface area contributed by atoms with Gasteiger partial charge in [0.25, 0.3) is 0 Å². The monoisotopic (exact) mass is 255 g/mol. The Morgan fingerprint density at radius 3 is 2.53 bits per heavy atom. The molecule has 0 aliphatic rings. The van der Waals surface area contributed by atoms with Crippen LogP contribution in [0.1, 0.15) is 35.2 Å². The summed E-state index contributed by atoms with van der Waals surface area (Å²) < 4.78 is 5.87. The minimum atomic E-state index is 0.0597. The van der Waals surface area contributed by atoms with Crippen molar-refractivity contribution in [3.05, 3.63) is 64.7 Å². The molecule has 19 heavy (non-hydrogen) atoms. The van der Waals surface area contributed by atoms with E-state index >= 15 is 0 Å². The Morgan fingerprint density at radius 2 is 1.89 bits per heavy atom. The minimum absolute atomic E-state index is 0.0597. The third-order valence-corrected chi connectivity index (χ3v) is 3.20. The van der Waals surface area contributed by atoms with Crippen LogP contribution in [0.4, 0.5) is 0 Å². The van der Waals surface area contributed by atoms with Gasteiger partial charge in [-0.2, -0.15) is 0 Å². The summed E-state index contributed by atoms with van der Waals surface area (Å²) in [6, 6.07) is 14.6. The van der Waals surface area contributed by atoms with Crippen LogP contribution in [0.15, 0.2) is 42.5 Å². The van der Waals surface area contributed by atoms with Gasteiger partial charge in [-0.1, -0.05) is 42.0 Å². The molecular formula is C17H21NO. The summed E-state index contributed by atoms with van der Waals surface area (Å²) in [6.07, 6.45) is 0. The van der Waals surface area contributed by atoms with Crippen LogP contribution in [0, 0.1) is 13.8 Å². The molecule has 0 aliphatic carbocycles. The molecule has 0 fully saturated rings. The van der Waals surface area contributed by atoms with Crippen molar-refractivity contribution < 1.29 is 4.74 Å². The quantitative estimate of drug-likeness (QED) is 0.899. The van der Waals surface area contributed by atoms with Crippen molar-refractivity contribution in [2.24, 2.45) is 5.73 Å². The molecule has 0 saturated heterocycles. The predicted molar refractivity (Wildman–Crippen MR) is 79.3 cm³/mol. The zero-order valence-electron chi connectivity index (χ0n) is 11.8. The molecule has 1 atom stereocenters. The Bertz CT molecular complexity index is 561. The van der Waals surface area contributed by atoms with Gasteiger partial charge in [0, 0.05) is 6.04 Å². The third-order valence-electron chi connectivity index (χ3n) is 3.20. The Hall–Kier alpha value is -1.80. The van der Waals surface area contributed by atoms with Gasteiger partial charge < -0.3 is 10.5 Å². The summed E-state index contributed by atoms with van der Waals surface area (Å²) in [6.45, 7) is 6.73. The number of benzene rings is 2. The van der Waals surface area contributed by atoms with E-state index in [0.29, 0.717) is 6.61 Å². The first kappa shape index (κ1) is 13.6. The van der Waals surface area contributed by atoms with Gasteiger partial charge in [-0.15, -0.1) is 0 Å². The van der Waals surface area contributed by atoms with Gasteiger partial charge in [-0.05, 0) is 43.5 Å². The Balaban J connectivity index is 2.07. The van der Waals surface area contributed by atoms with Crippen LogP contribution in [-0.4, -0.2) is 0 Å². The highest BCUT2D eigenvalue weighted by molar-refractivity contribution is 5.37. The molecule has 2 aromatic rings. The molecule has 0 aliphatic heterocycles. The Morgan fingerprint density at radius 1 is 1.11 bits per heavy atom. The number of hydrogen-bond donors (Lipinski definition) is 1. The van der Waals surface area contributed by atoms with E-state index < -0.39 is 0 Å². The van der Waals surface area contributed by atoms with Crippen LogP contribution in [0.25, 0.3) is 0 Å². The van der Waals surface area contributed by atoms with E-state index in [1.807, 2.05) is 19.1 Å². The summed E-state index contributed by atoms with van der Waals surface area (Å²) in [5, 5.41) is 0. The van der Waals surface area contributed by atoms with Crippen molar-refractivity contribution >= 4 is 0 Å². The molecule has 2 heteroatoms. The van der Waals surface area contributed by atoms with Crippen molar-refractivity contribution in [2.45, 2.75) is 33.4 Å². The van der Waals surface area contributed by atoms with Gasteiger partial charge in [0.05, 0.1) is 0 Å². The molecule has 0 amide bonds. The first-order valence-corrected chi connectivity index (χ1v) is 6.61. The number of hydrogen-bond acceptors (Lipinski definition) is 2. The highest BCUT2D eigenvalue weighted by atomic mass is 16.5. The SMILES string of the molecule is Cc1cccc(COc2ccc([C@H](C)N)cc2C)c1. The molecule has 100 valence electrons. The minimum Gasteiger partial charge on any atom is -0.489 e. The highest BCUT2D eigenvalue weighted by Crippen LogP contribution is 2.22. The second kappa shape index (κ2) is 5.89. The number of rotatable bonds is 4. The van der Waals surface area contributed by atoms with Crippen LogP contribution >= 0.6 is 0 Å². The van der Waals surface area contributed by atoms with Crippen LogP contribution in [-0.2, 0) is 6.61 Å². The molecule has 0 aromatic heterocycles. The van der Waals surface area contributed by atoms with Crippen LogP contribution in [0.5, 0.6) is 5.75 Å². The average molecular weight is 255 g/mol. The van der Waals surface area contributed by atoms with E-state index in [1.54, 1.807) is 0 Å². The van der Waals surface area contributed by atoms with Crippen molar-refractivity contribution in [3.8, 4) is 5.75 Å². The second-order valence-corrected chi connectivity index (χ2v) is 5.09. The highest BCUT2D eigenvalue weighted by Gasteiger charge is 2.04. The fourth-order valence-corrected chi connectivity index (χ4v) is 2.08. The smallest absolute Gasteiger partial charge is 0.122 e. The largest absolute Gasteiger partial charge is 0.489 e. The first-order chi connectivity index (χ1) is 9.06. The molecule has 2 aromatic carbocycles. The zero-order valence-corrected chi connectivity index (χ0v) is 11.8. The van der Waals surface area contributed by atoms with Gasteiger partial charge in [0.15, 0.2) is 0 Å². The van der Waals surface area contributed by atoms with Gasteiger partial charge in [0.1, 0.15) is 12.4 Å². The van der Waals surface area contributed by atoms with Crippen molar-refractivity contribution in [1.29, 1.82) is 0 Å². The summed E-state index contributed by atoms with van der Waals surface area (Å²) in [5.74, 6) is 0.922. The third kappa shape index (κ3) is 3.58. The number of nitrogens with two attached hydrogens (primary N) is 1. The summed E-state index contributed by atoms with van der Waals surface area (Å²) in [5.41, 5.74) is 10.6. The van der Waals surface area contributed by atoms with E-state index in [2.05, 4.69) is 44.2 Å². The Kier molecular flexibility index (Phi) is 4.23. The van der Waals surface area contributed by atoms with E-state index in [-0.39, 0.29) is 6.04 Å². The molecule has 0 bridgehead atoms. The lowest BCUT2D eigenvalue weighted by Crippen LogP contribution is -2.05. The topological polar surface area (TPSA) is 35.2 Å². The molecule has 0 saturated carbocycles. The van der Waals surface area contributed by atoms with Crippen LogP contribution in [0.3, 0.4) is 0 Å². The lowest BCUT2D eigenvalue weighted by Gasteiger charge is -2.12. The lowest BCUT2D eigenvalue weighted by atomic mass is 10.1. The molecule has 2 rings (SSSR count). The summed E-state index contributed by atoms with van der Waals surface area (Å²) in [7, 11) is 0. The van der Waals surface area contributed by atoms with Crippen LogP contribution in [0.2, 0.25) is 0 Å². The standard InChI is InChI=1S/C17H21NO/c1-12-5-4-6-15(9-12)11-19-17-8-7-16(14(3)18)10-13(17)2/h4-10,14H,11,18H2,1-3H3/t14-/m0/s1. The fraction of sp³-hybridized carbons (Fsp3) is 0.294. The maximum Gasteiger partial charge on any atom is 0.122 e. The lowest BCUT2D eigenvalue weighted by molar-refractivity contribution is 0.304. The van der Waals surface area contributed by atoms with E-state index in [4.69, 9.17) is 10.5 Å². The summed E-state index contributed by atoms with van der Waals surface area (Å²) >= 11 is 0. The zero-order chi connectivity index (χ0) is 13.8. The maximum atomic E-state index is 5.87. The predicted octanol–water partition coefficient (Wildman–Crippen LogP) is 3.90. The van der Waals surface area contributed by atoms with Gasteiger partial charge in [0.2, 0.25) is 0 Å². The first-order valence-electron chi connectivity index (χ1n) is 6.61. The van der Waals surface area contributed by atoms with E-state index in [1.165, 1.54) is 11.1 Å².